The first kappa shape index (κ1) is 12.5. The van der Waals surface area contributed by atoms with Gasteiger partial charge >= 0.3 is 5.97 Å². The molecule has 0 aliphatic carbocycles. The first-order valence-electron chi connectivity index (χ1n) is 5.53. The summed E-state index contributed by atoms with van der Waals surface area (Å²) in [6.07, 6.45) is 3.60. The van der Waals surface area contributed by atoms with E-state index in [0.717, 1.165) is 12.8 Å². The van der Waals surface area contributed by atoms with Crippen molar-refractivity contribution in [1.82, 2.24) is 0 Å². The number of hydrogen-bond donors (Lipinski definition) is 1. The van der Waals surface area contributed by atoms with Crippen LogP contribution < -0.4 is 0 Å². The van der Waals surface area contributed by atoms with E-state index < -0.39 is 5.97 Å². The van der Waals surface area contributed by atoms with Gasteiger partial charge in [0.15, 0.2) is 0 Å². The number of benzene rings is 1. The van der Waals surface area contributed by atoms with Crippen molar-refractivity contribution in [1.29, 1.82) is 0 Å². The van der Waals surface area contributed by atoms with Crippen LogP contribution in [0.15, 0.2) is 42.0 Å². The molecule has 1 atom stereocenters. The highest BCUT2D eigenvalue weighted by Gasteiger charge is 2.04. The summed E-state index contributed by atoms with van der Waals surface area (Å²) in [6.45, 7) is 3.77. The molecule has 0 spiro atoms. The minimum atomic E-state index is -0.827. The van der Waals surface area contributed by atoms with Gasteiger partial charge < -0.3 is 5.11 Å². The second-order valence-corrected chi connectivity index (χ2v) is 4.22. The highest BCUT2D eigenvalue weighted by molar-refractivity contribution is 5.85. The molecule has 1 rings (SSSR count). The maximum Gasteiger partial charge on any atom is 0.330 e. The lowest BCUT2D eigenvalue weighted by molar-refractivity contribution is -0.132. The van der Waals surface area contributed by atoms with Crippen LogP contribution in [-0.2, 0) is 11.2 Å². The number of aliphatic carboxylic acids is 1. The minimum Gasteiger partial charge on any atom is -0.478 e. The maximum absolute atomic E-state index is 10.6. The molecule has 16 heavy (non-hydrogen) atoms. The Bertz CT molecular complexity index is 366. The number of allylic oxidation sites excluding steroid dienone is 1. The molecule has 1 unspecified atom stereocenters. The third-order valence-corrected chi connectivity index (χ3v) is 2.59. The second-order valence-electron chi connectivity index (χ2n) is 4.22. The lowest BCUT2D eigenvalue weighted by Gasteiger charge is -2.08. The van der Waals surface area contributed by atoms with E-state index in [1.807, 2.05) is 18.2 Å². The van der Waals surface area contributed by atoms with Gasteiger partial charge in [-0.15, -0.1) is 0 Å². The van der Waals surface area contributed by atoms with Gasteiger partial charge in [0.05, 0.1) is 0 Å². The molecular weight excluding hydrogens is 200 g/mol. The standard InChI is InChI=1S/C14H18O2/c1-11(8-9-12(2)14(15)16)10-13-6-4-3-5-7-13/h3-7,9,11H,8,10H2,1-2H3,(H,15,16). The topological polar surface area (TPSA) is 37.3 Å². The van der Waals surface area contributed by atoms with Crippen LogP contribution in [0.25, 0.3) is 0 Å². The summed E-state index contributed by atoms with van der Waals surface area (Å²) in [4.78, 5) is 10.6. The molecule has 0 radical (unpaired) electrons. The van der Waals surface area contributed by atoms with E-state index in [2.05, 4.69) is 19.1 Å². The molecule has 86 valence electrons. The van der Waals surface area contributed by atoms with Crippen LogP contribution in [0.1, 0.15) is 25.8 Å². The number of rotatable bonds is 5. The van der Waals surface area contributed by atoms with Gasteiger partial charge in [-0.1, -0.05) is 43.3 Å². The summed E-state index contributed by atoms with van der Waals surface area (Å²) in [5.41, 5.74) is 1.73. The summed E-state index contributed by atoms with van der Waals surface area (Å²) in [5.74, 6) is -0.358. The van der Waals surface area contributed by atoms with Gasteiger partial charge in [-0.3, -0.25) is 0 Å². The Morgan fingerprint density at radius 3 is 2.56 bits per heavy atom. The normalized spacial score (nSPS) is 13.5. The average molecular weight is 218 g/mol. The van der Waals surface area contributed by atoms with E-state index in [1.165, 1.54) is 5.56 Å². The Balaban J connectivity index is 2.46. The molecule has 0 amide bonds. The van der Waals surface area contributed by atoms with E-state index in [4.69, 9.17) is 5.11 Å². The van der Waals surface area contributed by atoms with Crippen molar-refractivity contribution in [3.63, 3.8) is 0 Å². The van der Waals surface area contributed by atoms with Crippen LogP contribution >= 0.6 is 0 Å². The molecule has 0 aliphatic rings. The molecular formula is C14H18O2. The fourth-order valence-electron chi connectivity index (χ4n) is 1.57. The van der Waals surface area contributed by atoms with Crippen molar-refractivity contribution in [3.05, 3.63) is 47.5 Å². The van der Waals surface area contributed by atoms with E-state index in [1.54, 1.807) is 13.0 Å². The average Bonchev–Trinajstić information content (AvgIpc) is 2.27. The third kappa shape index (κ3) is 4.30. The lowest BCUT2D eigenvalue weighted by atomic mass is 9.97. The molecule has 0 aliphatic heterocycles. The summed E-state index contributed by atoms with van der Waals surface area (Å²) < 4.78 is 0. The first-order valence-corrected chi connectivity index (χ1v) is 5.53. The Morgan fingerprint density at radius 1 is 1.38 bits per heavy atom. The van der Waals surface area contributed by atoms with Crippen LogP contribution in [0.5, 0.6) is 0 Å². The molecule has 1 N–H and O–H groups in total. The smallest absolute Gasteiger partial charge is 0.330 e. The molecule has 1 aromatic rings. The predicted molar refractivity (Wildman–Crippen MR) is 65.3 cm³/mol. The van der Waals surface area contributed by atoms with Gasteiger partial charge in [0.25, 0.3) is 0 Å². The Hall–Kier alpha value is -1.57. The van der Waals surface area contributed by atoms with Gasteiger partial charge in [-0.05, 0) is 31.2 Å². The van der Waals surface area contributed by atoms with E-state index in [9.17, 15) is 4.79 Å². The van der Waals surface area contributed by atoms with Gasteiger partial charge in [0.2, 0.25) is 0 Å². The highest BCUT2D eigenvalue weighted by Crippen LogP contribution is 2.13. The summed E-state index contributed by atoms with van der Waals surface area (Å²) in [5, 5.41) is 8.72. The fraction of sp³-hybridized carbons (Fsp3) is 0.357. The monoisotopic (exact) mass is 218 g/mol. The van der Waals surface area contributed by atoms with Crippen LogP contribution in [0, 0.1) is 5.92 Å². The largest absolute Gasteiger partial charge is 0.478 e. The van der Waals surface area contributed by atoms with Gasteiger partial charge in [0.1, 0.15) is 0 Å². The fourth-order valence-corrected chi connectivity index (χ4v) is 1.57. The molecule has 2 nitrogen and oxygen atoms in total. The Labute approximate surface area is 96.6 Å². The zero-order chi connectivity index (χ0) is 12.0. The zero-order valence-electron chi connectivity index (χ0n) is 9.81. The Kier molecular flexibility index (Phi) is 4.77. The molecule has 0 aromatic heterocycles. The predicted octanol–water partition coefficient (Wildman–Crippen LogP) is 3.29. The highest BCUT2D eigenvalue weighted by atomic mass is 16.4. The van der Waals surface area contributed by atoms with E-state index in [-0.39, 0.29) is 0 Å². The molecule has 0 heterocycles. The lowest BCUT2D eigenvalue weighted by Crippen LogP contribution is -2.01. The molecule has 2 heteroatoms. The minimum absolute atomic E-state index is 0.430. The molecule has 1 aromatic carbocycles. The molecule has 0 fully saturated rings. The molecule has 0 saturated heterocycles. The van der Waals surface area contributed by atoms with Crippen molar-refractivity contribution in [2.45, 2.75) is 26.7 Å². The van der Waals surface area contributed by atoms with Crippen molar-refractivity contribution < 1.29 is 9.90 Å². The quantitative estimate of drug-likeness (QED) is 0.770. The summed E-state index contributed by atoms with van der Waals surface area (Å²) >= 11 is 0. The van der Waals surface area contributed by atoms with E-state index >= 15 is 0 Å². The summed E-state index contributed by atoms with van der Waals surface area (Å²) in [6, 6.07) is 10.3. The van der Waals surface area contributed by atoms with Crippen molar-refractivity contribution in [3.8, 4) is 0 Å². The molecule has 0 saturated carbocycles. The number of hydrogen-bond acceptors (Lipinski definition) is 1. The third-order valence-electron chi connectivity index (χ3n) is 2.59. The van der Waals surface area contributed by atoms with Gasteiger partial charge in [0, 0.05) is 5.57 Å². The second kappa shape index (κ2) is 6.11. The zero-order valence-corrected chi connectivity index (χ0v) is 9.81. The Morgan fingerprint density at radius 2 is 2.00 bits per heavy atom. The number of carboxylic acid groups (broad SMARTS) is 1. The van der Waals surface area contributed by atoms with Crippen LogP contribution in [0.3, 0.4) is 0 Å². The van der Waals surface area contributed by atoms with Crippen LogP contribution in [-0.4, -0.2) is 11.1 Å². The first-order chi connectivity index (χ1) is 7.59. The van der Waals surface area contributed by atoms with Crippen molar-refractivity contribution >= 4 is 5.97 Å². The van der Waals surface area contributed by atoms with Gasteiger partial charge in [-0.2, -0.15) is 0 Å². The number of carbonyl (C=O) groups is 1. The van der Waals surface area contributed by atoms with Crippen molar-refractivity contribution in [2.24, 2.45) is 5.92 Å². The molecule has 0 bridgehead atoms. The van der Waals surface area contributed by atoms with Crippen molar-refractivity contribution in [2.75, 3.05) is 0 Å². The van der Waals surface area contributed by atoms with Crippen LogP contribution in [0.2, 0.25) is 0 Å². The summed E-state index contributed by atoms with van der Waals surface area (Å²) in [7, 11) is 0. The number of carboxylic acids is 1. The van der Waals surface area contributed by atoms with E-state index in [0.29, 0.717) is 11.5 Å². The van der Waals surface area contributed by atoms with Gasteiger partial charge in [-0.25, -0.2) is 4.79 Å². The van der Waals surface area contributed by atoms with Crippen LogP contribution in [0.4, 0.5) is 0 Å². The SMILES string of the molecule is CC(=CCC(C)Cc1ccccc1)C(=O)O. The maximum atomic E-state index is 10.6.